The van der Waals surface area contributed by atoms with E-state index in [0.29, 0.717) is 5.82 Å². The second-order valence-electron chi connectivity index (χ2n) is 6.35. The van der Waals surface area contributed by atoms with Gasteiger partial charge in [-0.2, -0.15) is 0 Å². The van der Waals surface area contributed by atoms with Crippen LogP contribution in [0.3, 0.4) is 0 Å². The summed E-state index contributed by atoms with van der Waals surface area (Å²) in [5.74, 6) is 0.674. The number of fused-ring (bicyclic) bond motifs is 1. The molecule has 2 heterocycles. The molecule has 0 aliphatic heterocycles. The average Bonchev–Trinajstić information content (AvgIpc) is 2.59. The summed E-state index contributed by atoms with van der Waals surface area (Å²) in [5.41, 5.74) is 16.3. The van der Waals surface area contributed by atoms with Crippen LogP contribution in [0.4, 0.5) is 0 Å². The second kappa shape index (κ2) is 7.03. The number of hydrogen-bond donors (Lipinski definition) is 2. The number of benzene rings is 1. The first-order chi connectivity index (χ1) is 11.5. The fraction of sp³-hybridized carbons (Fsp3) is 0.316. The molecule has 3 rings (SSSR count). The molecular weight excluding hydrogens is 298 g/mol. The molecule has 124 valence electrons. The molecule has 0 radical (unpaired) electrons. The Morgan fingerprint density at radius 1 is 1.08 bits per heavy atom. The highest BCUT2D eigenvalue weighted by Gasteiger charge is 2.11. The van der Waals surface area contributed by atoms with Crippen molar-refractivity contribution in [1.29, 1.82) is 0 Å². The molecule has 5 heteroatoms. The van der Waals surface area contributed by atoms with Gasteiger partial charge in [0.2, 0.25) is 0 Å². The van der Waals surface area contributed by atoms with E-state index >= 15 is 0 Å². The first-order valence-electron chi connectivity index (χ1n) is 8.23. The Morgan fingerprint density at radius 2 is 1.92 bits per heavy atom. The quantitative estimate of drug-likeness (QED) is 0.753. The molecule has 0 saturated carbocycles. The van der Waals surface area contributed by atoms with Crippen LogP contribution in [0.2, 0.25) is 0 Å². The van der Waals surface area contributed by atoms with Gasteiger partial charge >= 0.3 is 0 Å². The normalized spacial score (nSPS) is 13.8. The van der Waals surface area contributed by atoms with E-state index in [2.05, 4.69) is 34.0 Å². The van der Waals surface area contributed by atoms with Gasteiger partial charge in [0.15, 0.2) is 0 Å². The zero-order valence-corrected chi connectivity index (χ0v) is 14.1. The molecule has 1 aromatic carbocycles. The van der Waals surface area contributed by atoms with Crippen molar-refractivity contribution in [3.05, 3.63) is 54.2 Å². The topological polar surface area (TPSA) is 90.7 Å². The number of nitrogens with zero attached hydrogens (tertiary/aromatic N) is 3. The van der Waals surface area contributed by atoms with Crippen LogP contribution < -0.4 is 11.5 Å². The lowest BCUT2D eigenvalue weighted by Gasteiger charge is -2.12. The highest BCUT2D eigenvalue weighted by Crippen LogP contribution is 2.26. The first-order valence-corrected chi connectivity index (χ1v) is 8.23. The Kier molecular flexibility index (Phi) is 4.83. The lowest BCUT2D eigenvalue weighted by molar-refractivity contribution is 0.538. The average molecular weight is 321 g/mol. The van der Waals surface area contributed by atoms with E-state index in [9.17, 15) is 0 Å². The molecule has 0 fully saturated rings. The zero-order valence-electron chi connectivity index (χ0n) is 14.1. The maximum atomic E-state index is 6.19. The van der Waals surface area contributed by atoms with Gasteiger partial charge < -0.3 is 11.5 Å². The molecule has 0 bridgehead atoms. The Labute approximate surface area is 142 Å². The molecule has 2 atom stereocenters. The fourth-order valence-corrected chi connectivity index (χ4v) is 2.73. The van der Waals surface area contributed by atoms with Crippen LogP contribution in [-0.2, 0) is 0 Å². The number of pyridine rings is 1. The summed E-state index contributed by atoms with van der Waals surface area (Å²) in [6.07, 6.45) is 7.19. The predicted molar refractivity (Wildman–Crippen MR) is 97.3 cm³/mol. The van der Waals surface area contributed by atoms with Crippen molar-refractivity contribution < 1.29 is 0 Å². The van der Waals surface area contributed by atoms with Crippen LogP contribution >= 0.6 is 0 Å². The summed E-state index contributed by atoms with van der Waals surface area (Å²) in [4.78, 5) is 13.3. The minimum absolute atomic E-state index is 0.141. The SMILES string of the molecule is Cc1ccncc1-c1ccc2nc(C(N)CCC(C)N)ncc2c1. The monoisotopic (exact) mass is 321 g/mol. The van der Waals surface area contributed by atoms with Gasteiger partial charge in [-0.05, 0) is 56.0 Å². The molecule has 0 amide bonds. The molecular formula is C19H23N5. The van der Waals surface area contributed by atoms with Gasteiger partial charge in [0.1, 0.15) is 5.82 Å². The lowest BCUT2D eigenvalue weighted by Crippen LogP contribution is -2.20. The van der Waals surface area contributed by atoms with Crippen LogP contribution in [0.5, 0.6) is 0 Å². The van der Waals surface area contributed by atoms with Crippen molar-refractivity contribution in [2.75, 3.05) is 0 Å². The molecule has 2 unspecified atom stereocenters. The van der Waals surface area contributed by atoms with Crippen molar-refractivity contribution in [1.82, 2.24) is 15.0 Å². The van der Waals surface area contributed by atoms with Crippen LogP contribution in [0.25, 0.3) is 22.0 Å². The second-order valence-corrected chi connectivity index (χ2v) is 6.35. The molecule has 2 aromatic heterocycles. The van der Waals surface area contributed by atoms with E-state index in [0.717, 1.165) is 34.9 Å². The molecule has 4 N–H and O–H groups in total. The van der Waals surface area contributed by atoms with E-state index in [1.165, 1.54) is 5.56 Å². The van der Waals surface area contributed by atoms with Crippen molar-refractivity contribution in [2.45, 2.75) is 38.8 Å². The number of hydrogen-bond acceptors (Lipinski definition) is 5. The summed E-state index contributed by atoms with van der Waals surface area (Å²) in [6, 6.07) is 8.15. The Hall–Kier alpha value is -2.37. The highest BCUT2D eigenvalue weighted by atomic mass is 14.9. The van der Waals surface area contributed by atoms with Crippen molar-refractivity contribution in [3.63, 3.8) is 0 Å². The lowest BCUT2D eigenvalue weighted by atomic mass is 10.0. The summed E-state index contributed by atoms with van der Waals surface area (Å²) < 4.78 is 0. The van der Waals surface area contributed by atoms with Gasteiger partial charge in [-0.3, -0.25) is 4.98 Å². The van der Waals surface area contributed by atoms with Gasteiger partial charge in [-0.1, -0.05) is 6.07 Å². The molecule has 0 aliphatic rings. The van der Waals surface area contributed by atoms with Gasteiger partial charge in [-0.15, -0.1) is 0 Å². The van der Waals surface area contributed by atoms with Crippen molar-refractivity contribution in [2.24, 2.45) is 11.5 Å². The third-order valence-electron chi connectivity index (χ3n) is 4.21. The molecule has 0 aliphatic carbocycles. The number of aromatic nitrogens is 3. The molecule has 3 aromatic rings. The number of aryl methyl sites for hydroxylation is 1. The summed E-state index contributed by atoms with van der Waals surface area (Å²) >= 11 is 0. The summed E-state index contributed by atoms with van der Waals surface area (Å²) in [6.45, 7) is 4.06. The fourth-order valence-electron chi connectivity index (χ4n) is 2.73. The van der Waals surface area contributed by atoms with Gasteiger partial charge in [0, 0.05) is 35.6 Å². The van der Waals surface area contributed by atoms with Crippen LogP contribution in [0.1, 0.15) is 37.2 Å². The minimum atomic E-state index is -0.180. The predicted octanol–water partition coefficient (Wildman–Crippen LogP) is 3.13. The van der Waals surface area contributed by atoms with Crippen LogP contribution in [0.15, 0.2) is 42.9 Å². The van der Waals surface area contributed by atoms with E-state index < -0.39 is 0 Å². The smallest absolute Gasteiger partial charge is 0.145 e. The van der Waals surface area contributed by atoms with E-state index in [1.54, 1.807) is 6.20 Å². The van der Waals surface area contributed by atoms with Crippen LogP contribution in [0, 0.1) is 6.92 Å². The zero-order chi connectivity index (χ0) is 17.1. The van der Waals surface area contributed by atoms with Gasteiger partial charge in [0.25, 0.3) is 0 Å². The number of rotatable bonds is 5. The molecule has 5 nitrogen and oxygen atoms in total. The highest BCUT2D eigenvalue weighted by molar-refractivity contribution is 5.84. The summed E-state index contributed by atoms with van der Waals surface area (Å²) in [7, 11) is 0. The van der Waals surface area contributed by atoms with Gasteiger partial charge in [-0.25, -0.2) is 9.97 Å². The summed E-state index contributed by atoms with van der Waals surface area (Å²) in [5, 5.41) is 0.999. The first kappa shape index (κ1) is 16.5. The van der Waals surface area contributed by atoms with E-state index in [4.69, 9.17) is 11.5 Å². The van der Waals surface area contributed by atoms with Gasteiger partial charge in [0.05, 0.1) is 11.6 Å². The Balaban J connectivity index is 1.90. The Morgan fingerprint density at radius 3 is 2.67 bits per heavy atom. The third kappa shape index (κ3) is 3.58. The van der Waals surface area contributed by atoms with Crippen LogP contribution in [-0.4, -0.2) is 21.0 Å². The Bertz CT molecular complexity index is 844. The van der Waals surface area contributed by atoms with Crippen molar-refractivity contribution in [3.8, 4) is 11.1 Å². The maximum absolute atomic E-state index is 6.19. The third-order valence-corrected chi connectivity index (χ3v) is 4.21. The largest absolute Gasteiger partial charge is 0.328 e. The molecule has 0 saturated heterocycles. The van der Waals surface area contributed by atoms with E-state index in [1.807, 2.05) is 31.5 Å². The van der Waals surface area contributed by atoms with E-state index in [-0.39, 0.29) is 12.1 Å². The molecule has 0 spiro atoms. The van der Waals surface area contributed by atoms with Crippen molar-refractivity contribution >= 4 is 10.9 Å². The molecule has 24 heavy (non-hydrogen) atoms. The minimum Gasteiger partial charge on any atom is -0.328 e. The maximum Gasteiger partial charge on any atom is 0.145 e. The number of nitrogens with two attached hydrogens (primary N) is 2. The standard InChI is InChI=1S/C19H23N5/c1-12-7-8-22-11-16(12)14-4-6-18-15(9-14)10-23-19(24-18)17(21)5-3-13(2)20/h4,6-11,13,17H,3,5,20-21H2,1-2H3.